The molecule has 0 radical (unpaired) electrons. The Morgan fingerprint density at radius 1 is 0.316 bits per heavy atom. The van der Waals surface area contributed by atoms with Crippen LogP contribution in [0, 0.1) is 66.7 Å². The number of hydrogen-bond donors (Lipinski definition) is 0. The summed E-state index contributed by atoms with van der Waals surface area (Å²) in [5, 5.41) is 14.5. The number of nitriles is 1. The van der Waals surface area contributed by atoms with Crippen molar-refractivity contribution in [1.29, 1.82) is 5.26 Å². The van der Waals surface area contributed by atoms with Crippen molar-refractivity contribution in [2.45, 2.75) is 61.6 Å². The minimum Gasteiger partial charge on any atom is -0.309 e. The van der Waals surface area contributed by atoms with Crippen LogP contribution in [0.1, 0.15) is 55.6 Å². The lowest BCUT2D eigenvalue weighted by molar-refractivity contribution is -0.137. The van der Waals surface area contributed by atoms with Crippen LogP contribution in [0.15, 0.2) is 182 Å². The quantitative estimate of drug-likeness (QED) is 0.157. The third-order valence-corrected chi connectivity index (χ3v) is 15.0. The van der Waals surface area contributed by atoms with Crippen molar-refractivity contribution in [2.24, 2.45) is 0 Å². The Bertz CT molecular complexity index is 4140. The van der Waals surface area contributed by atoms with E-state index >= 15 is 13.2 Å². The summed E-state index contributed by atoms with van der Waals surface area (Å²) in [4.78, 5) is 0. The molecule has 10 aromatic carbocycles. The fourth-order valence-electron chi connectivity index (χ4n) is 12.0. The van der Waals surface area contributed by atoms with Gasteiger partial charge in [-0.05, 0) is 179 Å². The first kappa shape index (κ1) is 48.0. The lowest BCUT2D eigenvalue weighted by atomic mass is 9.96. The second-order valence-corrected chi connectivity index (χ2v) is 21.2. The van der Waals surface area contributed by atoms with Crippen LogP contribution in [0.4, 0.5) is 13.2 Å². The van der Waals surface area contributed by atoms with E-state index in [1.807, 2.05) is 28.8 Å². The van der Waals surface area contributed by atoms with Crippen molar-refractivity contribution in [2.75, 3.05) is 0 Å². The van der Waals surface area contributed by atoms with Crippen LogP contribution in [-0.2, 0) is 6.18 Å². The molecule has 0 atom stereocenters. The van der Waals surface area contributed by atoms with E-state index in [-0.39, 0.29) is 0 Å². The van der Waals surface area contributed by atoms with Crippen molar-refractivity contribution >= 4 is 43.6 Å². The summed E-state index contributed by atoms with van der Waals surface area (Å²) in [6, 6.07) is 63.9. The molecule has 76 heavy (non-hydrogen) atoms. The summed E-state index contributed by atoms with van der Waals surface area (Å²) in [6.45, 7) is 16.8. The molecule has 12 aromatic rings. The van der Waals surface area contributed by atoms with E-state index in [4.69, 9.17) is 0 Å². The molecule has 0 fully saturated rings. The summed E-state index contributed by atoms with van der Waals surface area (Å²) < 4.78 is 50.1. The second kappa shape index (κ2) is 18.2. The monoisotopic (exact) mass is 993 g/mol. The van der Waals surface area contributed by atoms with Gasteiger partial charge >= 0.3 is 6.18 Å². The standard InChI is InChI=1S/C70H54F3N3/c1-40-21-41(2)26-53(25-40)49-10-17-65-60(34-49)61-35-50(54-27-42(3)22-43(4)28-54)11-18-66(61)75(65)64-16-9-48(39-74)33-59(64)58-15-14-57(70(71,72)73)38-69(58)76-67-19-12-51(55-29-44(5)23-45(6)30-55)36-62(67)63-37-52(13-20-68(63)76)56-31-46(7)24-47(8)32-56/h9-38H,1-8H3. The Labute approximate surface area is 441 Å². The first-order valence-electron chi connectivity index (χ1n) is 25.7. The van der Waals surface area contributed by atoms with Gasteiger partial charge in [-0.1, -0.05) is 148 Å². The lowest BCUT2D eigenvalue weighted by Crippen LogP contribution is -2.08. The largest absolute Gasteiger partial charge is 0.416 e. The van der Waals surface area contributed by atoms with Crippen molar-refractivity contribution in [3.63, 3.8) is 0 Å². The number of nitrogens with zero attached hydrogens (tertiary/aromatic N) is 3. The summed E-state index contributed by atoms with van der Waals surface area (Å²) in [7, 11) is 0. The van der Waals surface area contributed by atoms with E-state index in [9.17, 15) is 5.26 Å². The normalized spacial score (nSPS) is 11.9. The van der Waals surface area contributed by atoms with E-state index in [2.05, 4.69) is 199 Å². The van der Waals surface area contributed by atoms with Crippen molar-refractivity contribution < 1.29 is 13.2 Å². The zero-order valence-corrected chi connectivity index (χ0v) is 43.8. The number of aryl methyl sites for hydroxylation is 8. The maximum atomic E-state index is 15.3. The number of aromatic nitrogens is 2. The summed E-state index contributed by atoms with van der Waals surface area (Å²) in [6.07, 6.45) is -4.65. The van der Waals surface area contributed by atoms with Gasteiger partial charge in [0.05, 0.1) is 50.6 Å². The fraction of sp³-hybridized carbons (Fsp3) is 0.129. The molecule has 0 saturated carbocycles. The zero-order valence-electron chi connectivity index (χ0n) is 43.8. The molecular weight excluding hydrogens is 940 g/mol. The predicted molar refractivity (Wildman–Crippen MR) is 310 cm³/mol. The van der Waals surface area contributed by atoms with Crippen molar-refractivity contribution in [3.8, 4) is 73.1 Å². The highest BCUT2D eigenvalue weighted by Gasteiger charge is 2.33. The Hall–Kier alpha value is -8.92. The number of fused-ring (bicyclic) bond motifs is 6. The van der Waals surface area contributed by atoms with Gasteiger partial charge in [-0.25, -0.2) is 0 Å². The molecule has 2 aromatic heterocycles. The number of hydrogen-bond acceptors (Lipinski definition) is 1. The summed E-state index contributed by atoms with van der Waals surface area (Å²) in [5.74, 6) is 0. The Morgan fingerprint density at radius 2 is 0.645 bits per heavy atom. The van der Waals surface area contributed by atoms with Gasteiger partial charge in [-0.2, -0.15) is 18.4 Å². The number of rotatable bonds is 7. The first-order chi connectivity index (χ1) is 36.5. The summed E-state index contributed by atoms with van der Waals surface area (Å²) in [5.41, 5.74) is 23.1. The third kappa shape index (κ3) is 8.52. The smallest absolute Gasteiger partial charge is 0.309 e. The van der Waals surface area contributed by atoms with E-state index in [0.29, 0.717) is 22.4 Å². The van der Waals surface area contributed by atoms with E-state index in [0.717, 1.165) is 116 Å². The van der Waals surface area contributed by atoms with Gasteiger partial charge in [0.2, 0.25) is 0 Å². The van der Waals surface area contributed by atoms with Crippen LogP contribution in [0.5, 0.6) is 0 Å². The maximum absolute atomic E-state index is 15.3. The van der Waals surface area contributed by atoms with E-state index in [1.165, 1.54) is 34.4 Å². The SMILES string of the molecule is Cc1cc(C)cc(-c2ccc3c(c2)c2cc(-c4cc(C)cc(C)c4)ccc2n3-c2ccc(C#N)cc2-c2ccc(C(F)(F)F)cc2-n2c3ccc(-c4cc(C)cc(C)c4)cc3c3cc(-c4cc(C)cc(C)c4)ccc32)c1. The second-order valence-electron chi connectivity index (χ2n) is 21.2. The molecule has 3 nitrogen and oxygen atoms in total. The van der Waals surface area contributed by atoms with Gasteiger partial charge in [-0.15, -0.1) is 0 Å². The zero-order chi connectivity index (χ0) is 52.9. The third-order valence-electron chi connectivity index (χ3n) is 15.0. The molecule has 0 aliphatic carbocycles. The highest BCUT2D eigenvalue weighted by atomic mass is 19.4. The average molecular weight is 994 g/mol. The van der Waals surface area contributed by atoms with Gasteiger partial charge in [-0.3, -0.25) is 0 Å². The van der Waals surface area contributed by atoms with Gasteiger partial charge in [0.1, 0.15) is 0 Å². The lowest BCUT2D eigenvalue weighted by Gasteiger charge is -2.20. The molecule has 0 aliphatic heterocycles. The Morgan fingerprint density at radius 3 is 0.961 bits per heavy atom. The summed E-state index contributed by atoms with van der Waals surface area (Å²) >= 11 is 0. The molecule has 12 rings (SSSR count). The molecule has 0 N–H and O–H groups in total. The average Bonchev–Trinajstić information content (AvgIpc) is 3.93. The Kier molecular flexibility index (Phi) is 11.5. The molecule has 370 valence electrons. The van der Waals surface area contributed by atoms with Crippen LogP contribution in [0.3, 0.4) is 0 Å². The fourth-order valence-corrected chi connectivity index (χ4v) is 12.0. The van der Waals surface area contributed by atoms with Gasteiger partial charge < -0.3 is 9.13 Å². The molecule has 0 bridgehead atoms. The van der Waals surface area contributed by atoms with Crippen LogP contribution in [-0.4, -0.2) is 9.13 Å². The molecule has 6 heteroatoms. The molecule has 0 aliphatic rings. The highest BCUT2D eigenvalue weighted by molar-refractivity contribution is 6.14. The molecular formula is C70H54F3N3. The number of halogens is 3. The van der Waals surface area contributed by atoms with Gasteiger partial charge in [0.15, 0.2) is 0 Å². The minimum absolute atomic E-state index is 0.347. The van der Waals surface area contributed by atoms with Crippen LogP contribution in [0.2, 0.25) is 0 Å². The van der Waals surface area contributed by atoms with Crippen LogP contribution in [0.25, 0.3) is 111 Å². The van der Waals surface area contributed by atoms with Crippen molar-refractivity contribution in [3.05, 3.63) is 238 Å². The predicted octanol–water partition coefficient (Wildman–Crippen LogP) is 19.6. The van der Waals surface area contributed by atoms with Gasteiger partial charge in [0.25, 0.3) is 0 Å². The van der Waals surface area contributed by atoms with Gasteiger partial charge in [0, 0.05) is 32.7 Å². The van der Waals surface area contributed by atoms with Crippen LogP contribution < -0.4 is 0 Å². The van der Waals surface area contributed by atoms with E-state index in [1.54, 1.807) is 12.1 Å². The molecule has 0 spiro atoms. The highest BCUT2D eigenvalue weighted by Crippen LogP contribution is 2.46. The minimum atomic E-state index is -4.65. The van der Waals surface area contributed by atoms with Crippen LogP contribution >= 0.6 is 0 Å². The molecule has 0 unspecified atom stereocenters. The number of alkyl halides is 3. The number of benzene rings is 10. The maximum Gasteiger partial charge on any atom is 0.416 e. The molecule has 2 heterocycles. The Balaban J connectivity index is 1.16. The van der Waals surface area contributed by atoms with Crippen molar-refractivity contribution in [1.82, 2.24) is 9.13 Å². The topological polar surface area (TPSA) is 33.6 Å². The molecule has 0 saturated heterocycles. The van der Waals surface area contributed by atoms with E-state index < -0.39 is 11.7 Å². The first-order valence-corrected chi connectivity index (χ1v) is 25.7. The molecule has 0 amide bonds.